The van der Waals surface area contributed by atoms with E-state index in [9.17, 15) is 13.6 Å². The van der Waals surface area contributed by atoms with Crippen LogP contribution in [0.1, 0.15) is 56.1 Å². The molecule has 31 heavy (non-hydrogen) atoms. The van der Waals surface area contributed by atoms with E-state index in [1.807, 2.05) is 13.0 Å². The molecule has 0 aliphatic carbocycles. The summed E-state index contributed by atoms with van der Waals surface area (Å²) in [6.45, 7) is 11.5. The number of anilines is 1. The fraction of sp³-hybridized carbons (Fsp3) is 0.375. The lowest BCUT2D eigenvalue weighted by Crippen LogP contribution is -2.14. The van der Waals surface area contributed by atoms with Crippen molar-refractivity contribution in [2.24, 2.45) is 11.7 Å². The van der Waals surface area contributed by atoms with E-state index in [0.29, 0.717) is 29.1 Å². The van der Waals surface area contributed by atoms with Gasteiger partial charge in [0.1, 0.15) is 17.9 Å². The fourth-order valence-electron chi connectivity index (χ4n) is 2.38. The number of nitrogens with two attached hydrogens (primary N) is 1. The largest absolute Gasteiger partial charge is 0.400 e. The van der Waals surface area contributed by atoms with Gasteiger partial charge in [-0.3, -0.25) is 4.79 Å². The number of aldehydes is 1. The highest BCUT2D eigenvalue weighted by atomic mass is 19.1. The Hall–Kier alpha value is -2.77. The predicted molar refractivity (Wildman–Crippen MR) is 125 cm³/mol. The van der Waals surface area contributed by atoms with Crippen LogP contribution in [0.2, 0.25) is 0 Å². The molecule has 0 aliphatic heterocycles. The average molecular weight is 436 g/mol. The van der Waals surface area contributed by atoms with Gasteiger partial charge in [0.2, 0.25) is 0 Å². The molecule has 0 saturated heterocycles. The van der Waals surface area contributed by atoms with Crippen molar-refractivity contribution >= 4 is 17.7 Å². The number of carbonyl (C=O) groups excluding carboxylic acids is 1. The highest BCUT2D eigenvalue weighted by molar-refractivity contribution is 5.79. The van der Waals surface area contributed by atoms with E-state index in [2.05, 4.69) is 31.4 Å². The van der Waals surface area contributed by atoms with Crippen LogP contribution in [0.25, 0.3) is 5.70 Å². The SMILES string of the molecule is CC(C)C.CCNCc1cc(/C(N)=C(\C)Nc2ccc(F)cc2F)ccc1C=O.CO. The average Bonchev–Trinajstić information content (AvgIpc) is 2.74. The maximum absolute atomic E-state index is 13.8. The molecule has 0 heterocycles. The van der Waals surface area contributed by atoms with Crippen molar-refractivity contribution in [3.63, 3.8) is 0 Å². The van der Waals surface area contributed by atoms with Crippen LogP contribution in [-0.2, 0) is 6.54 Å². The van der Waals surface area contributed by atoms with Gasteiger partial charge in [0.05, 0.1) is 11.4 Å². The molecule has 2 aromatic rings. The third kappa shape index (κ3) is 10.2. The number of halogens is 2. The topological polar surface area (TPSA) is 87.4 Å². The summed E-state index contributed by atoms with van der Waals surface area (Å²) in [5.41, 5.74) is 9.38. The molecule has 5 nitrogen and oxygen atoms in total. The molecule has 172 valence electrons. The van der Waals surface area contributed by atoms with Crippen molar-refractivity contribution in [3.05, 3.63) is 70.4 Å². The summed E-state index contributed by atoms with van der Waals surface area (Å²) in [4.78, 5) is 11.2. The Labute approximate surface area is 184 Å². The summed E-state index contributed by atoms with van der Waals surface area (Å²) >= 11 is 0. The van der Waals surface area contributed by atoms with Gasteiger partial charge in [-0.05, 0) is 48.7 Å². The van der Waals surface area contributed by atoms with E-state index in [0.717, 1.165) is 37.5 Å². The second kappa shape index (κ2) is 15.1. The number of rotatable bonds is 7. The lowest BCUT2D eigenvalue weighted by Gasteiger charge is -2.14. The van der Waals surface area contributed by atoms with Crippen molar-refractivity contribution in [1.82, 2.24) is 5.32 Å². The Morgan fingerprint density at radius 2 is 1.74 bits per heavy atom. The molecular formula is C24H35F2N3O2. The number of benzene rings is 2. The minimum Gasteiger partial charge on any atom is -0.400 e. The first kappa shape index (κ1) is 28.2. The Kier molecular flexibility index (Phi) is 13.7. The summed E-state index contributed by atoms with van der Waals surface area (Å²) in [6, 6.07) is 8.55. The smallest absolute Gasteiger partial charge is 0.150 e. The zero-order chi connectivity index (χ0) is 24.0. The number of hydrogen-bond acceptors (Lipinski definition) is 5. The molecule has 0 aliphatic rings. The monoisotopic (exact) mass is 435 g/mol. The van der Waals surface area contributed by atoms with E-state index >= 15 is 0 Å². The van der Waals surface area contributed by atoms with Crippen LogP contribution in [0.15, 0.2) is 42.1 Å². The standard InChI is InChI=1S/C19H21F2N3O.C4H10.CH4O/c1-3-23-10-15-8-13(4-5-14(15)11-25)19(22)12(2)24-18-7-6-16(20)9-17(18)21;1-4(2)3;1-2/h4-9,11,23-24H,3,10,22H2,1-2H3;4H,1-3H3;2H,1H3/b19-12-;;. The number of nitrogens with one attached hydrogen (secondary N) is 2. The molecule has 0 atom stereocenters. The summed E-state index contributed by atoms with van der Waals surface area (Å²) in [6.07, 6.45) is 0.801. The van der Waals surface area contributed by atoms with Crippen molar-refractivity contribution in [3.8, 4) is 0 Å². The molecule has 0 spiro atoms. The van der Waals surface area contributed by atoms with Crippen LogP contribution in [0, 0.1) is 17.6 Å². The van der Waals surface area contributed by atoms with Gasteiger partial charge in [0.15, 0.2) is 0 Å². The first-order valence-corrected chi connectivity index (χ1v) is 10.1. The van der Waals surface area contributed by atoms with Crippen LogP contribution in [0.5, 0.6) is 0 Å². The third-order valence-electron chi connectivity index (χ3n) is 3.80. The van der Waals surface area contributed by atoms with E-state index in [1.54, 1.807) is 19.1 Å². The zero-order valence-corrected chi connectivity index (χ0v) is 19.2. The van der Waals surface area contributed by atoms with Crippen molar-refractivity contribution in [2.75, 3.05) is 19.0 Å². The quantitative estimate of drug-likeness (QED) is 0.464. The van der Waals surface area contributed by atoms with Gasteiger partial charge >= 0.3 is 0 Å². The first-order valence-electron chi connectivity index (χ1n) is 10.1. The number of carbonyl (C=O) groups is 1. The highest BCUT2D eigenvalue weighted by Crippen LogP contribution is 2.21. The van der Waals surface area contributed by atoms with Crippen molar-refractivity contribution < 1.29 is 18.7 Å². The molecule has 7 heteroatoms. The zero-order valence-electron chi connectivity index (χ0n) is 19.2. The summed E-state index contributed by atoms with van der Waals surface area (Å²) in [7, 11) is 1.00. The van der Waals surface area contributed by atoms with Gasteiger partial charge in [-0.15, -0.1) is 0 Å². The highest BCUT2D eigenvalue weighted by Gasteiger charge is 2.09. The first-order chi connectivity index (χ1) is 14.7. The molecule has 0 amide bonds. The molecule has 0 unspecified atom stereocenters. The van der Waals surface area contributed by atoms with E-state index in [1.165, 1.54) is 12.1 Å². The maximum atomic E-state index is 13.8. The number of aliphatic hydroxyl groups excluding tert-OH is 1. The molecule has 0 aromatic heterocycles. The molecule has 2 aromatic carbocycles. The van der Waals surface area contributed by atoms with Gasteiger partial charge in [-0.2, -0.15) is 0 Å². The van der Waals surface area contributed by atoms with Gasteiger partial charge in [0, 0.05) is 31.0 Å². The van der Waals surface area contributed by atoms with Crippen LogP contribution in [0.3, 0.4) is 0 Å². The van der Waals surface area contributed by atoms with Crippen LogP contribution < -0.4 is 16.4 Å². The summed E-state index contributed by atoms with van der Waals surface area (Å²) in [5, 5.41) is 13.0. The maximum Gasteiger partial charge on any atom is 0.150 e. The van der Waals surface area contributed by atoms with E-state index < -0.39 is 11.6 Å². The van der Waals surface area contributed by atoms with Crippen LogP contribution in [0.4, 0.5) is 14.5 Å². The Bertz CT molecular complexity index is 850. The lowest BCUT2D eigenvalue weighted by molar-refractivity contribution is 0.112. The molecular weight excluding hydrogens is 400 g/mol. The third-order valence-corrected chi connectivity index (χ3v) is 3.80. The summed E-state index contributed by atoms with van der Waals surface area (Å²) in [5.74, 6) is -0.508. The van der Waals surface area contributed by atoms with Gasteiger partial charge < -0.3 is 21.5 Å². The predicted octanol–water partition coefficient (Wildman–Crippen LogP) is 4.92. The van der Waals surface area contributed by atoms with Crippen LogP contribution in [-0.4, -0.2) is 25.0 Å². The summed E-state index contributed by atoms with van der Waals surface area (Å²) < 4.78 is 26.8. The van der Waals surface area contributed by atoms with Gasteiger partial charge in [-0.1, -0.05) is 39.8 Å². The number of aliphatic hydroxyl groups is 1. The molecule has 0 bridgehead atoms. The number of allylic oxidation sites excluding steroid dienone is 1. The fourth-order valence-corrected chi connectivity index (χ4v) is 2.38. The van der Waals surface area contributed by atoms with Gasteiger partial charge in [-0.25, -0.2) is 8.78 Å². The molecule has 2 rings (SSSR count). The van der Waals surface area contributed by atoms with E-state index in [-0.39, 0.29) is 5.69 Å². The van der Waals surface area contributed by atoms with Crippen molar-refractivity contribution in [2.45, 2.75) is 41.2 Å². The second-order valence-electron chi connectivity index (χ2n) is 7.33. The Balaban J connectivity index is 0.00000134. The minimum atomic E-state index is -0.698. The molecule has 0 fully saturated rings. The van der Waals surface area contributed by atoms with Gasteiger partial charge in [0.25, 0.3) is 0 Å². The molecule has 0 radical (unpaired) electrons. The van der Waals surface area contributed by atoms with Crippen molar-refractivity contribution in [1.29, 1.82) is 0 Å². The van der Waals surface area contributed by atoms with E-state index in [4.69, 9.17) is 10.8 Å². The number of hydrogen-bond donors (Lipinski definition) is 4. The Morgan fingerprint density at radius 1 is 1.13 bits per heavy atom. The second-order valence-corrected chi connectivity index (χ2v) is 7.33. The minimum absolute atomic E-state index is 0.138. The molecule has 5 N–H and O–H groups in total. The molecule has 0 saturated carbocycles. The normalized spacial score (nSPS) is 10.9. The lowest BCUT2D eigenvalue weighted by atomic mass is 10.0. The Morgan fingerprint density at radius 3 is 2.26 bits per heavy atom. The van der Waals surface area contributed by atoms with Crippen LogP contribution >= 0.6 is 0 Å².